The Bertz CT molecular complexity index is 638. The Morgan fingerprint density at radius 2 is 2.00 bits per heavy atom. The van der Waals surface area contributed by atoms with Crippen LogP contribution in [0.4, 0.5) is 10.5 Å². The lowest BCUT2D eigenvalue weighted by atomic mass is 9.80. The molecule has 1 aliphatic heterocycles. The summed E-state index contributed by atoms with van der Waals surface area (Å²) in [4.78, 5) is 22.9. The van der Waals surface area contributed by atoms with Gasteiger partial charge in [0.1, 0.15) is 0 Å². The first kappa shape index (κ1) is 15.8. The van der Waals surface area contributed by atoms with E-state index in [4.69, 9.17) is 10.0 Å². The summed E-state index contributed by atoms with van der Waals surface area (Å²) < 4.78 is 0. The molecule has 3 amide bonds. The minimum atomic E-state index is -1.53. The SMILES string of the molecule is CC1=C(/C=C/C(=O)Nc2ccc(B(O)O)cc2)CNC(=O)N1. The summed E-state index contributed by atoms with van der Waals surface area (Å²) in [6.45, 7) is 2.12. The van der Waals surface area contributed by atoms with E-state index in [1.54, 1.807) is 25.1 Å². The quantitative estimate of drug-likeness (QED) is 0.379. The molecular weight excluding hydrogens is 285 g/mol. The van der Waals surface area contributed by atoms with Gasteiger partial charge < -0.3 is 26.0 Å². The van der Waals surface area contributed by atoms with Crippen LogP contribution < -0.4 is 21.4 Å². The molecule has 0 atom stereocenters. The van der Waals surface area contributed by atoms with Gasteiger partial charge in [-0.25, -0.2) is 4.79 Å². The van der Waals surface area contributed by atoms with Crippen molar-refractivity contribution in [1.82, 2.24) is 10.6 Å². The number of carbonyl (C=O) groups is 2. The van der Waals surface area contributed by atoms with Gasteiger partial charge >= 0.3 is 13.1 Å². The number of rotatable bonds is 4. The van der Waals surface area contributed by atoms with Crippen LogP contribution in [0.3, 0.4) is 0 Å². The van der Waals surface area contributed by atoms with Gasteiger partial charge in [0.15, 0.2) is 0 Å². The number of hydrogen-bond donors (Lipinski definition) is 5. The van der Waals surface area contributed by atoms with Crippen LogP contribution in [0.1, 0.15) is 6.92 Å². The first-order valence-corrected chi connectivity index (χ1v) is 6.65. The van der Waals surface area contributed by atoms with Gasteiger partial charge in [-0.3, -0.25) is 4.79 Å². The number of amides is 3. The molecular formula is C14H16BN3O4. The zero-order chi connectivity index (χ0) is 16.1. The van der Waals surface area contributed by atoms with Crippen molar-refractivity contribution in [3.05, 3.63) is 47.7 Å². The maximum Gasteiger partial charge on any atom is 0.488 e. The molecule has 0 unspecified atom stereocenters. The van der Waals surface area contributed by atoms with Gasteiger partial charge in [0.25, 0.3) is 0 Å². The Hall–Kier alpha value is -2.58. The Morgan fingerprint density at radius 3 is 2.59 bits per heavy atom. The summed E-state index contributed by atoms with van der Waals surface area (Å²) in [5.41, 5.74) is 2.40. The number of urea groups is 1. The van der Waals surface area contributed by atoms with Gasteiger partial charge in [-0.15, -0.1) is 0 Å². The van der Waals surface area contributed by atoms with E-state index in [1.165, 1.54) is 18.2 Å². The fourth-order valence-corrected chi connectivity index (χ4v) is 1.89. The summed E-state index contributed by atoms with van der Waals surface area (Å²) in [6.07, 6.45) is 3.00. The molecule has 1 heterocycles. The normalized spacial score (nSPS) is 14.6. The molecule has 2 rings (SSSR count). The predicted molar refractivity (Wildman–Crippen MR) is 83.3 cm³/mol. The minimum absolute atomic E-state index is 0.259. The number of benzene rings is 1. The first-order chi connectivity index (χ1) is 10.5. The molecule has 1 aromatic rings. The second-order valence-electron chi connectivity index (χ2n) is 4.78. The van der Waals surface area contributed by atoms with E-state index in [1.807, 2.05) is 0 Å². The molecule has 114 valence electrons. The van der Waals surface area contributed by atoms with E-state index in [-0.39, 0.29) is 11.9 Å². The van der Waals surface area contributed by atoms with E-state index in [0.29, 0.717) is 23.4 Å². The summed E-state index contributed by atoms with van der Waals surface area (Å²) in [7, 11) is -1.53. The zero-order valence-corrected chi connectivity index (χ0v) is 12.0. The molecule has 5 N–H and O–H groups in total. The molecule has 0 radical (unpaired) electrons. The average molecular weight is 301 g/mol. The number of nitrogens with one attached hydrogen (secondary N) is 3. The molecule has 0 aromatic heterocycles. The summed E-state index contributed by atoms with van der Waals surface area (Å²) in [6, 6.07) is 5.92. The van der Waals surface area contributed by atoms with Crippen LogP contribution in [0.5, 0.6) is 0 Å². The molecule has 22 heavy (non-hydrogen) atoms. The molecule has 0 fully saturated rings. The molecule has 0 spiro atoms. The predicted octanol–water partition coefficient (Wildman–Crippen LogP) is -0.552. The lowest BCUT2D eigenvalue weighted by Gasteiger charge is -2.17. The Labute approximate surface area is 127 Å². The summed E-state index contributed by atoms with van der Waals surface area (Å²) in [5.74, 6) is -0.325. The topological polar surface area (TPSA) is 111 Å². The fourth-order valence-electron chi connectivity index (χ4n) is 1.89. The van der Waals surface area contributed by atoms with Crippen molar-refractivity contribution in [3.63, 3.8) is 0 Å². The molecule has 1 aromatic carbocycles. The van der Waals surface area contributed by atoms with Gasteiger partial charge in [0.2, 0.25) is 5.91 Å². The van der Waals surface area contributed by atoms with Gasteiger partial charge in [0.05, 0.1) is 0 Å². The molecule has 8 heteroatoms. The van der Waals surface area contributed by atoms with Gasteiger partial charge in [-0.1, -0.05) is 18.2 Å². The van der Waals surface area contributed by atoms with E-state index in [9.17, 15) is 9.59 Å². The Morgan fingerprint density at radius 1 is 1.32 bits per heavy atom. The minimum Gasteiger partial charge on any atom is -0.423 e. The average Bonchev–Trinajstić information content (AvgIpc) is 2.47. The number of hydrogen-bond acceptors (Lipinski definition) is 4. The second kappa shape index (κ2) is 6.92. The smallest absolute Gasteiger partial charge is 0.423 e. The molecule has 0 aliphatic carbocycles. The molecule has 1 aliphatic rings. The zero-order valence-electron chi connectivity index (χ0n) is 12.0. The third kappa shape index (κ3) is 4.21. The number of allylic oxidation sites excluding steroid dienone is 1. The number of anilines is 1. The second-order valence-corrected chi connectivity index (χ2v) is 4.78. The van der Waals surface area contributed by atoms with Gasteiger partial charge in [-0.05, 0) is 30.1 Å². The van der Waals surface area contributed by atoms with Crippen LogP contribution in [-0.2, 0) is 4.79 Å². The van der Waals surface area contributed by atoms with Crippen molar-refractivity contribution in [2.24, 2.45) is 0 Å². The molecule has 0 saturated carbocycles. The van der Waals surface area contributed by atoms with Crippen molar-refractivity contribution in [3.8, 4) is 0 Å². The summed E-state index contributed by atoms with van der Waals surface area (Å²) >= 11 is 0. The fraction of sp³-hybridized carbons (Fsp3) is 0.143. The van der Waals surface area contributed by atoms with Crippen LogP contribution in [0.25, 0.3) is 0 Å². The first-order valence-electron chi connectivity index (χ1n) is 6.65. The highest BCUT2D eigenvalue weighted by molar-refractivity contribution is 6.58. The van der Waals surface area contributed by atoms with Crippen LogP contribution in [0.15, 0.2) is 47.7 Å². The monoisotopic (exact) mass is 301 g/mol. The van der Waals surface area contributed by atoms with Crippen LogP contribution >= 0.6 is 0 Å². The van der Waals surface area contributed by atoms with E-state index < -0.39 is 7.12 Å². The third-order valence-electron chi connectivity index (χ3n) is 3.13. The van der Waals surface area contributed by atoms with E-state index >= 15 is 0 Å². The highest BCUT2D eigenvalue weighted by atomic mass is 16.4. The lowest BCUT2D eigenvalue weighted by Crippen LogP contribution is -2.40. The number of carbonyl (C=O) groups excluding carboxylic acids is 2. The highest BCUT2D eigenvalue weighted by Crippen LogP contribution is 2.07. The van der Waals surface area contributed by atoms with E-state index in [2.05, 4.69) is 16.0 Å². The summed E-state index contributed by atoms with van der Waals surface area (Å²) in [5, 5.41) is 25.9. The van der Waals surface area contributed by atoms with Crippen molar-refractivity contribution in [1.29, 1.82) is 0 Å². The van der Waals surface area contributed by atoms with Crippen molar-refractivity contribution in [2.45, 2.75) is 6.92 Å². The molecule has 0 bridgehead atoms. The highest BCUT2D eigenvalue weighted by Gasteiger charge is 2.12. The molecule has 7 nitrogen and oxygen atoms in total. The van der Waals surface area contributed by atoms with Crippen molar-refractivity contribution in [2.75, 3.05) is 11.9 Å². The van der Waals surface area contributed by atoms with Gasteiger partial charge in [0, 0.05) is 24.0 Å². The lowest BCUT2D eigenvalue weighted by molar-refractivity contribution is -0.111. The van der Waals surface area contributed by atoms with Crippen molar-refractivity contribution < 1.29 is 19.6 Å². The maximum absolute atomic E-state index is 11.8. The Kier molecular flexibility index (Phi) is 4.97. The third-order valence-corrected chi connectivity index (χ3v) is 3.13. The largest absolute Gasteiger partial charge is 0.488 e. The van der Waals surface area contributed by atoms with Crippen LogP contribution in [0, 0.1) is 0 Å². The van der Waals surface area contributed by atoms with Crippen LogP contribution in [0.2, 0.25) is 0 Å². The van der Waals surface area contributed by atoms with Gasteiger partial charge in [-0.2, -0.15) is 0 Å². The Balaban J connectivity index is 1.96. The van der Waals surface area contributed by atoms with Crippen molar-refractivity contribution >= 4 is 30.2 Å². The van der Waals surface area contributed by atoms with Crippen LogP contribution in [-0.4, -0.2) is 35.6 Å². The standard InChI is InChI=1S/C14H16BN3O4/c1-9-10(8-16-14(20)17-9)2-7-13(19)18-12-5-3-11(4-6-12)15(21)22/h2-7,21-22H,8H2,1H3,(H,18,19)(H2,16,17,20)/b7-2+. The molecule has 0 saturated heterocycles. The maximum atomic E-state index is 11.8. The van der Waals surface area contributed by atoms with E-state index in [0.717, 1.165) is 5.57 Å².